The van der Waals surface area contributed by atoms with Crippen molar-refractivity contribution in [2.45, 2.75) is 0 Å². The molecule has 0 aliphatic carbocycles. The molecule has 0 radical (unpaired) electrons. The van der Waals surface area contributed by atoms with Crippen LogP contribution in [0.2, 0.25) is 0 Å². The van der Waals surface area contributed by atoms with Gasteiger partial charge in [0.05, 0.1) is 6.07 Å². The van der Waals surface area contributed by atoms with Gasteiger partial charge in [0, 0.05) is 5.56 Å². The van der Waals surface area contributed by atoms with E-state index >= 15 is 0 Å². The summed E-state index contributed by atoms with van der Waals surface area (Å²) >= 11 is 0. The fourth-order valence-electron chi connectivity index (χ4n) is 0.852. The Labute approximate surface area is 74.8 Å². The largest absolute Gasteiger partial charge is 0.339 e. The number of halogens is 1. The van der Waals surface area contributed by atoms with Gasteiger partial charge in [-0.3, -0.25) is 4.79 Å². The third kappa shape index (κ3) is 2.56. The smallest absolute Gasteiger partial charge is 0.252 e. The molecule has 1 aromatic carbocycles. The van der Waals surface area contributed by atoms with Crippen molar-refractivity contribution in [2.75, 3.05) is 6.54 Å². The molecule has 1 aromatic rings. The van der Waals surface area contributed by atoms with Gasteiger partial charge in [-0.25, -0.2) is 4.39 Å². The highest BCUT2D eigenvalue weighted by atomic mass is 19.1. The van der Waals surface area contributed by atoms with E-state index in [-0.39, 0.29) is 12.1 Å². The number of nitrogens with one attached hydrogen (secondary N) is 1. The van der Waals surface area contributed by atoms with Crippen molar-refractivity contribution in [3.63, 3.8) is 0 Å². The lowest BCUT2D eigenvalue weighted by Gasteiger charge is -1.99. The Bertz CT molecular complexity index is 357. The predicted octanol–water partition coefficient (Wildman–Crippen LogP) is 1.08. The topological polar surface area (TPSA) is 52.9 Å². The van der Waals surface area contributed by atoms with Crippen molar-refractivity contribution in [3.05, 3.63) is 35.6 Å². The van der Waals surface area contributed by atoms with Gasteiger partial charge in [0.1, 0.15) is 12.4 Å². The first-order valence-electron chi connectivity index (χ1n) is 3.65. The molecule has 4 heteroatoms. The number of amides is 1. The molecule has 0 bridgehead atoms. The highest BCUT2D eigenvalue weighted by Crippen LogP contribution is 2.02. The molecule has 1 N–H and O–H groups in total. The van der Waals surface area contributed by atoms with E-state index in [9.17, 15) is 9.18 Å². The Hall–Kier alpha value is -1.89. The van der Waals surface area contributed by atoms with Crippen LogP contribution in [-0.2, 0) is 0 Å². The van der Waals surface area contributed by atoms with Gasteiger partial charge in [-0.2, -0.15) is 5.26 Å². The molecule has 0 aliphatic heterocycles. The summed E-state index contributed by atoms with van der Waals surface area (Å²) in [6, 6.07) is 7.05. The molecule has 3 nitrogen and oxygen atoms in total. The van der Waals surface area contributed by atoms with Crippen LogP contribution in [0, 0.1) is 17.1 Å². The maximum absolute atomic E-state index is 12.6. The van der Waals surface area contributed by atoms with Crippen molar-refractivity contribution < 1.29 is 9.18 Å². The number of nitrogens with zero attached hydrogens (tertiary/aromatic N) is 1. The summed E-state index contributed by atoms with van der Waals surface area (Å²) in [6.07, 6.45) is 0. The number of rotatable bonds is 2. The SMILES string of the molecule is N#CCNC(=O)c1cccc(F)c1. The molecule has 13 heavy (non-hydrogen) atoms. The van der Waals surface area contributed by atoms with Gasteiger partial charge in [-0.05, 0) is 18.2 Å². The lowest BCUT2D eigenvalue weighted by molar-refractivity contribution is 0.0958. The maximum Gasteiger partial charge on any atom is 0.252 e. The molecule has 0 atom stereocenters. The van der Waals surface area contributed by atoms with Crippen molar-refractivity contribution in [3.8, 4) is 6.07 Å². The summed E-state index contributed by atoms with van der Waals surface area (Å²) in [7, 11) is 0. The van der Waals surface area contributed by atoms with Gasteiger partial charge in [0.2, 0.25) is 0 Å². The second-order valence-corrected chi connectivity index (χ2v) is 2.35. The van der Waals surface area contributed by atoms with Crippen molar-refractivity contribution in [2.24, 2.45) is 0 Å². The number of nitriles is 1. The summed E-state index contributed by atoms with van der Waals surface area (Å²) in [4.78, 5) is 11.1. The average Bonchev–Trinajstić information content (AvgIpc) is 2.14. The van der Waals surface area contributed by atoms with Gasteiger partial charge < -0.3 is 5.32 Å². The van der Waals surface area contributed by atoms with Crippen LogP contribution in [0.1, 0.15) is 10.4 Å². The van der Waals surface area contributed by atoms with Crippen molar-refractivity contribution >= 4 is 5.91 Å². The van der Waals surface area contributed by atoms with E-state index in [0.717, 1.165) is 6.07 Å². The number of carbonyl (C=O) groups is 1. The fraction of sp³-hybridized carbons (Fsp3) is 0.111. The molecule has 66 valence electrons. The number of benzene rings is 1. The quantitative estimate of drug-likeness (QED) is 0.689. The van der Waals surface area contributed by atoms with E-state index in [0.29, 0.717) is 0 Å². The Morgan fingerprint density at radius 2 is 2.38 bits per heavy atom. The minimum atomic E-state index is -0.468. The van der Waals surface area contributed by atoms with E-state index in [2.05, 4.69) is 5.32 Å². The molecule has 0 aromatic heterocycles. The van der Waals surface area contributed by atoms with Gasteiger partial charge in [0.25, 0.3) is 5.91 Å². The molecule has 0 heterocycles. The molecule has 1 rings (SSSR count). The second kappa shape index (κ2) is 4.21. The minimum absolute atomic E-state index is 0.0741. The first-order chi connectivity index (χ1) is 6.24. The van der Waals surface area contributed by atoms with Crippen LogP contribution in [0.3, 0.4) is 0 Å². The first-order valence-corrected chi connectivity index (χ1v) is 3.65. The van der Waals surface area contributed by atoms with Crippen LogP contribution < -0.4 is 5.32 Å². The molecule has 0 unspecified atom stereocenters. The zero-order valence-corrected chi connectivity index (χ0v) is 6.75. The molecule has 0 spiro atoms. The Balaban J connectivity index is 2.72. The van der Waals surface area contributed by atoms with Gasteiger partial charge in [-0.1, -0.05) is 6.07 Å². The normalized spacial score (nSPS) is 8.92. The van der Waals surface area contributed by atoms with Crippen LogP contribution >= 0.6 is 0 Å². The van der Waals surface area contributed by atoms with Crippen molar-refractivity contribution in [1.29, 1.82) is 5.26 Å². The molecule has 0 aliphatic rings. The average molecular weight is 178 g/mol. The van der Waals surface area contributed by atoms with Gasteiger partial charge in [0.15, 0.2) is 0 Å². The summed E-state index contributed by atoms with van der Waals surface area (Å²) in [6.45, 7) is -0.0741. The summed E-state index contributed by atoms with van der Waals surface area (Å²) in [5.41, 5.74) is 0.218. The number of hydrogen-bond acceptors (Lipinski definition) is 2. The maximum atomic E-state index is 12.6. The summed E-state index contributed by atoms with van der Waals surface area (Å²) in [5, 5.41) is 10.5. The van der Waals surface area contributed by atoms with Gasteiger partial charge in [-0.15, -0.1) is 0 Å². The third-order valence-electron chi connectivity index (χ3n) is 1.41. The molecular weight excluding hydrogens is 171 g/mol. The molecule has 0 saturated carbocycles. The van der Waals surface area contributed by atoms with E-state index in [1.165, 1.54) is 18.2 Å². The van der Waals surface area contributed by atoms with E-state index < -0.39 is 11.7 Å². The molecular formula is C9H7FN2O. The highest BCUT2D eigenvalue weighted by Gasteiger charge is 2.04. The highest BCUT2D eigenvalue weighted by molar-refractivity contribution is 5.94. The third-order valence-corrected chi connectivity index (χ3v) is 1.41. The van der Waals surface area contributed by atoms with Crippen molar-refractivity contribution in [1.82, 2.24) is 5.32 Å². The molecule has 0 saturated heterocycles. The molecule has 0 fully saturated rings. The van der Waals surface area contributed by atoms with Crippen LogP contribution in [-0.4, -0.2) is 12.5 Å². The standard InChI is InChI=1S/C9H7FN2O/c10-8-3-1-2-7(6-8)9(13)12-5-4-11/h1-3,6H,5H2,(H,12,13). The lowest BCUT2D eigenvalue weighted by atomic mass is 10.2. The Morgan fingerprint density at radius 3 is 3.00 bits per heavy atom. The number of carbonyl (C=O) groups excluding carboxylic acids is 1. The monoisotopic (exact) mass is 178 g/mol. The zero-order valence-electron chi connectivity index (χ0n) is 6.75. The zero-order chi connectivity index (χ0) is 9.68. The first kappa shape index (κ1) is 9.20. The van der Waals surface area contributed by atoms with Crippen LogP contribution in [0.4, 0.5) is 4.39 Å². The van der Waals surface area contributed by atoms with Crippen LogP contribution in [0.25, 0.3) is 0 Å². The number of hydrogen-bond donors (Lipinski definition) is 1. The van der Waals surface area contributed by atoms with E-state index in [1.807, 2.05) is 0 Å². The fourth-order valence-corrected chi connectivity index (χ4v) is 0.852. The Kier molecular flexibility index (Phi) is 2.98. The second-order valence-electron chi connectivity index (χ2n) is 2.35. The molecule has 1 amide bonds. The Morgan fingerprint density at radius 1 is 1.62 bits per heavy atom. The van der Waals surface area contributed by atoms with E-state index in [4.69, 9.17) is 5.26 Å². The van der Waals surface area contributed by atoms with Crippen LogP contribution in [0.15, 0.2) is 24.3 Å². The lowest BCUT2D eigenvalue weighted by Crippen LogP contribution is -2.23. The summed E-state index contributed by atoms with van der Waals surface area (Å²) < 4.78 is 12.6. The van der Waals surface area contributed by atoms with E-state index in [1.54, 1.807) is 6.07 Å². The summed E-state index contributed by atoms with van der Waals surface area (Å²) in [5.74, 6) is -0.911. The predicted molar refractivity (Wildman–Crippen MR) is 44.3 cm³/mol. The minimum Gasteiger partial charge on any atom is -0.339 e. The van der Waals surface area contributed by atoms with Crippen LogP contribution in [0.5, 0.6) is 0 Å². The van der Waals surface area contributed by atoms with Gasteiger partial charge >= 0.3 is 0 Å².